The van der Waals surface area contributed by atoms with Gasteiger partial charge < -0.3 is 9.84 Å². The second kappa shape index (κ2) is 10.1. The van der Waals surface area contributed by atoms with Crippen molar-refractivity contribution in [2.45, 2.75) is 71.3 Å². The van der Waals surface area contributed by atoms with Gasteiger partial charge in [-0.1, -0.05) is 32.6 Å². The van der Waals surface area contributed by atoms with E-state index < -0.39 is 5.97 Å². The predicted molar refractivity (Wildman–Crippen MR) is 65.8 cm³/mol. The number of carboxylic acid groups (broad SMARTS) is 1. The lowest BCUT2D eigenvalue weighted by Crippen LogP contribution is -2.17. The van der Waals surface area contributed by atoms with Gasteiger partial charge in [-0.25, -0.2) is 0 Å². The summed E-state index contributed by atoms with van der Waals surface area (Å²) in [5.74, 6) is -1.16. The molecule has 0 spiro atoms. The summed E-state index contributed by atoms with van der Waals surface area (Å²) in [6.45, 7) is 3.53. The number of aliphatic carboxylic acids is 1. The van der Waals surface area contributed by atoms with E-state index in [1.165, 1.54) is 26.2 Å². The Bertz CT molecular complexity index is 225. The quantitative estimate of drug-likeness (QED) is 0.473. The Morgan fingerprint density at radius 2 is 1.76 bits per heavy atom. The van der Waals surface area contributed by atoms with Gasteiger partial charge in [-0.2, -0.15) is 0 Å². The lowest BCUT2D eigenvalue weighted by molar-refractivity contribution is -0.149. The first kappa shape index (κ1) is 15.9. The smallest absolute Gasteiger partial charge is 0.303 e. The van der Waals surface area contributed by atoms with Gasteiger partial charge in [0.2, 0.25) is 0 Å². The van der Waals surface area contributed by atoms with Gasteiger partial charge in [0, 0.05) is 13.3 Å². The van der Waals surface area contributed by atoms with Crippen molar-refractivity contribution in [3.63, 3.8) is 0 Å². The second-order valence-electron chi connectivity index (χ2n) is 4.37. The van der Waals surface area contributed by atoms with Crippen molar-refractivity contribution in [1.29, 1.82) is 0 Å². The van der Waals surface area contributed by atoms with Crippen LogP contribution in [0.5, 0.6) is 0 Å². The highest BCUT2D eigenvalue weighted by molar-refractivity contribution is 5.67. The summed E-state index contributed by atoms with van der Waals surface area (Å²) in [7, 11) is 0. The van der Waals surface area contributed by atoms with Crippen molar-refractivity contribution in [2.24, 2.45) is 0 Å². The van der Waals surface area contributed by atoms with Crippen molar-refractivity contribution < 1.29 is 19.4 Å². The normalized spacial score (nSPS) is 12.1. The molecule has 1 N–H and O–H groups in total. The van der Waals surface area contributed by atoms with Crippen LogP contribution in [0.1, 0.15) is 65.2 Å². The molecule has 4 heteroatoms. The van der Waals surface area contributed by atoms with Gasteiger partial charge >= 0.3 is 11.9 Å². The zero-order valence-corrected chi connectivity index (χ0v) is 10.9. The van der Waals surface area contributed by atoms with Crippen LogP contribution in [0.4, 0.5) is 0 Å². The highest BCUT2D eigenvalue weighted by Gasteiger charge is 2.13. The van der Waals surface area contributed by atoms with Gasteiger partial charge in [0.05, 0.1) is 0 Å². The maximum Gasteiger partial charge on any atom is 0.303 e. The summed E-state index contributed by atoms with van der Waals surface area (Å²) in [6, 6.07) is 0. The minimum Gasteiger partial charge on any atom is -0.481 e. The van der Waals surface area contributed by atoms with E-state index in [0.717, 1.165) is 19.3 Å². The van der Waals surface area contributed by atoms with E-state index in [1.54, 1.807) is 0 Å². The van der Waals surface area contributed by atoms with Crippen molar-refractivity contribution in [3.05, 3.63) is 0 Å². The van der Waals surface area contributed by atoms with Crippen LogP contribution in [-0.2, 0) is 14.3 Å². The monoisotopic (exact) mass is 244 g/mol. The van der Waals surface area contributed by atoms with E-state index in [9.17, 15) is 9.59 Å². The summed E-state index contributed by atoms with van der Waals surface area (Å²) in [6.07, 6.45) is 6.77. The molecule has 4 nitrogen and oxygen atoms in total. The molecule has 0 rings (SSSR count). The molecule has 0 amide bonds. The zero-order valence-electron chi connectivity index (χ0n) is 10.9. The van der Waals surface area contributed by atoms with Gasteiger partial charge in [0.1, 0.15) is 6.10 Å². The third-order valence-electron chi connectivity index (χ3n) is 2.64. The third kappa shape index (κ3) is 11.2. The van der Waals surface area contributed by atoms with Gasteiger partial charge in [0.15, 0.2) is 0 Å². The molecule has 0 bridgehead atoms. The molecule has 17 heavy (non-hydrogen) atoms. The number of carbonyl (C=O) groups excluding carboxylic acids is 1. The molecular formula is C13H24O4. The summed E-state index contributed by atoms with van der Waals surface area (Å²) in [5, 5.41) is 8.60. The summed E-state index contributed by atoms with van der Waals surface area (Å²) < 4.78 is 5.11. The summed E-state index contributed by atoms with van der Waals surface area (Å²) in [4.78, 5) is 21.3. The molecule has 0 aliphatic rings. The Hall–Kier alpha value is -1.06. The van der Waals surface area contributed by atoms with Crippen LogP contribution >= 0.6 is 0 Å². The maximum atomic E-state index is 10.9. The largest absolute Gasteiger partial charge is 0.481 e. The van der Waals surface area contributed by atoms with Gasteiger partial charge in [-0.05, 0) is 19.3 Å². The summed E-state index contributed by atoms with van der Waals surface area (Å²) in [5.41, 5.74) is 0. The second-order valence-corrected chi connectivity index (χ2v) is 4.37. The first-order valence-electron chi connectivity index (χ1n) is 6.45. The molecular weight excluding hydrogens is 220 g/mol. The Balaban J connectivity index is 3.76. The minimum atomic E-state index is -0.840. The van der Waals surface area contributed by atoms with E-state index in [1.807, 2.05) is 0 Å². The Kier molecular flexibility index (Phi) is 9.49. The molecule has 0 saturated heterocycles. The van der Waals surface area contributed by atoms with Crippen molar-refractivity contribution in [2.75, 3.05) is 0 Å². The third-order valence-corrected chi connectivity index (χ3v) is 2.64. The van der Waals surface area contributed by atoms with Crippen LogP contribution in [-0.4, -0.2) is 23.1 Å². The standard InChI is InChI=1S/C13H24O4/c1-3-4-5-6-7-8-12(17-11(2)14)9-10-13(15)16/h12H,3-10H2,1-2H3,(H,15,16). The number of hydrogen-bond acceptors (Lipinski definition) is 3. The fourth-order valence-corrected chi connectivity index (χ4v) is 1.76. The van der Waals surface area contributed by atoms with Gasteiger partial charge in [-0.15, -0.1) is 0 Å². The highest BCUT2D eigenvalue weighted by Crippen LogP contribution is 2.13. The van der Waals surface area contributed by atoms with Gasteiger partial charge in [-0.3, -0.25) is 9.59 Å². The van der Waals surface area contributed by atoms with Crippen molar-refractivity contribution >= 4 is 11.9 Å². The van der Waals surface area contributed by atoms with E-state index in [0.29, 0.717) is 6.42 Å². The molecule has 0 aliphatic heterocycles. The number of carboxylic acids is 1. The number of hydrogen-bond donors (Lipinski definition) is 1. The number of unbranched alkanes of at least 4 members (excludes halogenated alkanes) is 4. The predicted octanol–water partition coefficient (Wildman–Crippen LogP) is 3.14. The summed E-state index contributed by atoms with van der Waals surface area (Å²) >= 11 is 0. The SMILES string of the molecule is CCCCCCCC(CCC(=O)O)OC(C)=O. The van der Waals surface area contributed by atoms with E-state index >= 15 is 0 Å². The topological polar surface area (TPSA) is 63.6 Å². The molecule has 1 unspecified atom stereocenters. The molecule has 0 heterocycles. The fraction of sp³-hybridized carbons (Fsp3) is 0.846. The molecule has 100 valence electrons. The zero-order chi connectivity index (χ0) is 13.1. The van der Waals surface area contributed by atoms with Crippen LogP contribution in [0.3, 0.4) is 0 Å². The Morgan fingerprint density at radius 1 is 1.12 bits per heavy atom. The van der Waals surface area contributed by atoms with Crippen LogP contribution < -0.4 is 0 Å². The lowest BCUT2D eigenvalue weighted by Gasteiger charge is -2.15. The van der Waals surface area contributed by atoms with Crippen molar-refractivity contribution in [1.82, 2.24) is 0 Å². The Labute approximate surface area is 103 Å². The van der Waals surface area contributed by atoms with E-state index in [-0.39, 0.29) is 18.5 Å². The molecule has 0 radical (unpaired) electrons. The fourth-order valence-electron chi connectivity index (χ4n) is 1.76. The maximum absolute atomic E-state index is 10.9. The molecule has 0 fully saturated rings. The molecule has 0 aromatic heterocycles. The molecule has 0 saturated carbocycles. The molecule has 0 aromatic rings. The van der Waals surface area contributed by atoms with Gasteiger partial charge in [0.25, 0.3) is 0 Å². The number of esters is 1. The number of rotatable bonds is 10. The number of carbonyl (C=O) groups is 2. The average Bonchev–Trinajstić information content (AvgIpc) is 2.24. The van der Waals surface area contributed by atoms with Crippen molar-refractivity contribution in [3.8, 4) is 0 Å². The molecule has 1 atom stereocenters. The highest BCUT2D eigenvalue weighted by atomic mass is 16.5. The van der Waals surface area contributed by atoms with Crippen LogP contribution in [0, 0.1) is 0 Å². The molecule has 0 aliphatic carbocycles. The van der Waals surface area contributed by atoms with E-state index in [4.69, 9.17) is 9.84 Å². The minimum absolute atomic E-state index is 0.0624. The lowest BCUT2D eigenvalue weighted by atomic mass is 10.0. The number of ether oxygens (including phenoxy) is 1. The Morgan fingerprint density at radius 3 is 2.29 bits per heavy atom. The first-order chi connectivity index (χ1) is 8.06. The van der Waals surface area contributed by atoms with Crippen LogP contribution in [0.15, 0.2) is 0 Å². The van der Waals surface area contributed by atoms with E-state index in [2.05, 4.69) is 6.92 Å². The van der Waals surface area contributed by atoms with Crippen LogP contribution in [0.2, 0.25) is 0 Å². The first-order valence-corrected chi connectivity index (χ1v) is 6.45. The average molecular weight is 244 g/mol. The molecule has 0 aromatic carbocycles. The van der Waals surface area contributed by atoms with Crippen LogP contribution in [0.25, 0.3) is 0 Å².